The van der Waals surface area contributed by atoms with Crippen LogP contribution in [0.1, 0.15) is 107 Å². The number of amides is 1. The second-order valence-electron chi connectivity index (χ2n) is 12.1. The van der Waals surface area contributed by atoms with Crippen molar-refractivity contribution < 1.29 is 27.6 Å². The lowest BCUT2D eigenvalue weighted by Gasteiger charge is -2.33. The van der Waals surface area contributed by atoms with Crippen LogP contribution in [0.5, 0.6) is 5.75 Å². The van der Waals surface area contributed by atoms with Crippen molar-refractivity contribution in [2.75, 3.05) is 33.3 Å². The van der Waals surface area contributed by atoms with Crippen LogP contribution in [0, 0.1) is 5.92 Å². The van der Waals surface area contributed by atoms with Crippen molar-refractivity contribution in [3.63, 3.8) is 0 Å². The molecule has 9 nitrogen and oxygen atoms in total. The van der Waals surface area contributed by atoms with Gasteiger partial charge in [-0.2, -0.15) is 4.31 Å². The number of ether oxygens (including phenoxy) is 1. The highest BCUT2D eigenvalue weighted by Crippen LogP contribution is 2.26. The van der Waals surface area contributed by atoms with Gasteiger partial charge in [0, 0.05) is 38.7 Å². The maximum absolute atomic E-state index is 13.1. The van der Waals surface area contributed by atoms with Gasteiger partial charge in [-0.05, 0) is 67.1 Å². The van der Waals surface area contributed by atoms with Crippen molar-refractivity contribution in [3.05, 3.63) is 59.7 Å². The molecule has 0 saturated carbocycles. The largest absolute Gasteiger partial charge is 0.497 e. The van der Waals surface area contributed by atoms with Gasteiger partial charge in [0.25, 0.3) is 5.91 Å². The second-order valence-corrected chi connectivity index (χ2v) is 14.0. The van der Waals surface area contributed by atoms with Gasteiger partial charge in [0.1, 0.15) is 5.75 Å². The number of nitrogens with zero attached hydrogens (tertiary/aromatic N) is 2. The van der Waals surface area contributed by atoms with E-state index >= 15 is 0 Å². The number of rotatable bonds is 20. The van der Waals surface area contributed by atoms with E-state index in [1.807, 2.05) is 12.1 Å². The van der Waals surface area contributed by atoms with Gasteiger partial charge >= 0.3 is 5.97 Å². The Kier molecular flexibility index (Phi) is 15.9. The molecular weight excluding hydrogens is 590 g/mol. The quantitative estimate of drug-likeness (QED) is 0.126. The lowest BCUT2D eigenvalue weighted by molar-refractivity contribution is -0.194. The molecule has 10 heteroatoms. The molecule has 0 radical (unpaired) electrons. The molecule has 0 bridgehead atoms. The molecule has 0 aliphatic carbocycles. The monoisotopic (exact) mass is 643 g/mol. The standard InChI is InChI=1S/C35H53N3O6S/c1-4-5-6-7-8-9-10-11-12-13-24-36-35(40)32-16-14-30(15-17-32)27-37(44-29(2)39)28-31-22-25-38(26-23-31)45(41,42)34-20-18-33(43-3)19-21-34/h14-21,31H,4-13,22-28H2,1-3H3,(H,36,40). The Bertz CT molecular complexity index is 1260. The summed E-state index contributed by atoms with van der Waals surface area (Å²) in [6, 6.07) is 13.8. The molecular formula is C35H53N3O6S. The van der Waals surface area contributed by atoms with E-state index in [2.05, 4.69) is 12.2 Å². The Hall–Kier alpha value is -2.95. The Morgan fingerprint density at radius 2 is 1.44 bits per heavy atom. The number of nitrogens with one attached hydrogen (secondary N) is 1. The minimum Gasteiger partial charge on any atom is -0.497 e. The molecule has 1 aliphatic heterocycles. The summed E-state index contributed by atoms with van der Waals surface area (Å²) >= 11 is 0. The number of carbonyl (C=O) groups is 2. The zero-order valence-corrected chi connectivity index (χ0v) is 28.3. The zero-order valence-electron chi connectivity index (χ0n) is 27.5. The third-order valence-electron chi connectivity index (χ3n) is 8.38. The molecule has 0 unspecified atom stereocenters. The molecule has 250 valence electrons. The first-order chi connectivity index (χ1) is 21.7. The molecule has 3 rings (SSSR count). The van der Waals surface area contributed by atoms with E-state index in [1.165, 1.54) is 62.6 Å². The smallest absolute Gasteiger partial charge is 0.322 e. The Morgan fingerprint density at radius 3 is 2.00 bits per heavy atom. The fourth-order valence-electron chi connectivity index (χ4n) is 5.71. The fourth-order valence-corrected chi connectivity index (χ4v) is 7.18. The van der Waals surface area contributed by atoms with Crippen LogP contribution < -0.4 is 10.1 Å². The summed E-state index contributed by atoms with van der Waals surface area (Å²) in [5.41, 5.74) is 1.53. The van der Waals surface area contributed by atoms with Crippen molar-refractivity contribution in [2.24, 2.45) is 5.92 Å². The summed E-state index contributed by atoms with van der Waals surface area (Å²) in [4.78, 5) is 30.2. The predicted octanol–water partition coefficient (Wildman–Crippen LogP) is 6.73. The van der Waals surface area contributed by atoms with Gasteiger partial charge < -0.3 is 14.9 Å². The second kappa shape index (κ2) is 19.5. The molecule has 1 heterocycles. The Labute approximate surface area is 270 Å². The van der Waals surface area contributed by atoms with Gasteiger partial charge in [-0.25, -0.2) is 8.42 Å². The maximum atomic E-state index is 13.1. The minimum atomic E-state index is -3.59. The average molecular weight is 644 g/mol. The van der Waals surface area contributed by atoms with Crippen molar-refractivity contribution in [2.45, 2.75) is 102 Å². The summed E-state index contributed by atoms with van der Waals surface area (Å²) in [5, 5.41) is 4.66. The van der Waals surface area contributed by atoms with Crippen molar-refractivity contribution in [1.82, 2.24) is 14.7 Å². The molecule has 1 aliphatic rings. The number of hydrogen-bond donors (Lipinski definition) is 1. The molecule has 1 N–H and O–H groups in total. The van der Waals surface area contributed by atoms with E-state index in [1.54, 1.807) is 48.6 Å². The van der Waals surface area contributed by atoms with Crippen LogP contribution >= 0.6 is 0 Å². The van der Waals surface area contributed by atoms with E-state index in [0.717, 1.165) is 18.4 Å². The third-order valence-corrected chi connectivity index (χ3v) is 10.3. The first kappa shape index (κ1) is 36.5. The van der Waals surface area contributed by atoms with Crippen LogP contribution in [0.4, 0.5) is 0 Å². The topological polar surface area (TPSA) is 105 Å². The summed E-state index contributed by atoms with van der Waals surface area (Å²) in [7, 11) is -2.04. The van der Waals surface area contributed by atoms with Crippen molar-refractivity contribution >= 4 is 21.9 Å². The molecule has 2 aromatic rings. The predicted molar refractivity (Wildman–Crippen MR) is 177 cm³/mol. The van der Waals surface area contributed by atoms with Crippen molar-refractivity contribution in [3.8, 4) is 5.75 Å². The Balaban J connectivity index is 1.40. The molecule has 45 heavy (non-hydrogen) atoms. The van der Waals surface area contributed by atoms with Crippen LogP contribution in [-0.4, -0.2) is 63.0 Å². The first-order valence-electron chi connectivity index (χ1n) is 16.7. The van der Waals surface area contributed by atoms with Crippen LogP contribution in [0.3, 0.4) is 0 Å². The molecule has 1 saturated heterocycles. The van der Waals surface area contributed by atoms with Gasteiger partial charge in [0.2, 0.25) is 10.0 Å². The minimum absolute atomic E-state index is 0.0781. The fraction of sp³-hybridized carbons (Fsp3) is 0.600. The summed E-state index contributed by atoms with van der Waals surface area (Å²) < 4.78 is 32.9. The Morgan fingerprint density at radius 1 is 0.867 bits per heavy atom. The van der Waals surface area contributed by atoms with Gasteiger partial charge in [0.15, 0.2) is 0 Å². The highest BCUT2D eigenvalue weighted by Gasteiger charge is 2.30. The summed E-state index contributed by atoms with van der Waals surface area (Å²) in [6.07, 6.45) is 13.9. The molecule has 2 aromatic carbocycles. The van der Waals surface area contributed by atoms with E-state index in [-0.39, 0.29) is 16.7 Å². The molecule has 1 fully saturated rings. The van der Waals surface area contributed by atoms with E-state index in [0.29, 0.717) is 56.9 Å². The number of unbranched alkanes of at least 4 members (excludes halogenated alkanes) is 9. The highest BCUT2D eigenvalue weighted by atomic mass is 32.2. The van der Waals surface area contributed by atoms with Gasteiger partial charge in [-0.1, -0.05) is 76.8 Å². The van der Waals surface area contributed by atoms with Crippen LogP contribution in [0.25, 0.3) is 0 Å². The highest BCUT2D eigenvalue weighted by molar-refractivity contribution is 7.89. The number of hydroxylamine groups is 2. The number of methoxy groups -OCH3 is 1. The zero-order chi connectivity index (χ0) is 32.5. The number of carbonyl (C=O) groups excluding carboxylic acids is 2. The first-order valence-corrected chi connectivity index (χ1v) is 18.1. The van der Waals surface area contributed by atoms with Gasteiger partial charge in [-0.3, -0.25) is 9.59 Å². The van der Waals surface area contributed by atoms with Crippen LogP contribution in [0.2, 0.25) is 0 Å². The maximum Gasteiger partial charge on any atom is 0.322 e. The summed E-state index contributed by atoms with van der Waals surface area (Å²) in [5.74, 6) is 0.293. The number of benzene rings is 2. The average Bonchev–Trinajstić information content (AvgIpc) is 3.04. The van der Waals surface area contributed by atoms with Gasteiger partial charge in [-0.15, -0.1) is 5.06 Å². The molecule has 0 aromatic heterocycles. The summed E-state index contributed by atoms with van der Waals surface area (Å²) in [6.45, 7) is 5.97. The van der Waals surface area contributed by atoms with Crippen LogP contribution in [-0.2, 0) is 26.2 Å². The van der Waals surface area contributed by atoms with E-state index < -0.39 is 16.0 Å². The molecule has 0 atom stereocenters. The van der Waals surface area contributed by atoms with Crippen molar-refractivity contribution in [1.29, 1.82) is 0 Å². The third kappa shape index (κ3) is 12.8. The normalized spacial score (nSPS) is 14.4. The number of sulfonamides is 1. The SMILES string of the molecule is CCCCCCCCCCCCNC(=O)c1ccc(CN(CC2CCN(S(=O)(=O)c3ccc(OC)cc3)CC2)OC(C)=O)cc1. The van der Waals surface area contributed by atoms with Gasteiger partial charge in [0.05, 0.1) is 18.6 Å². The molecule has 0 spiro atoms. The lowest BCUT2D eigenvalue weighted by Crippen LogP contribution is -2.41. The number of piperidine rings is 1. The van der Waals surface area contributed by atoms with Crippen LogP contribution in [0.15, 0.2) is 53.4 Å². The molecule has 1 amide bonds. The lowest BCUT2D eigenvalue weighted by atomic mass is 9.98. The van der Waals surface area contributed by atoms with E-state index in [4.69, 9.17) is 9.57 Å². The number of hydrogen-bond acceptors (Lipinski definition) is 7. The van der Waals surface area contributed by atoms with E-state index in [9.17, 15) is 18.0 Å².